The molecular weight excluding hydrogens is 200 g/mol. The van der Waals surface area contributed by atoms with Crippen LogP contribution in [0.25, 0.3) is 0 Å². The third kappa shape index (κ3) is 2.94. The van der Waals surface area contributed by atoms with Crippen LogP contribution in [0.3, 0.4) is 0 Å². The zero-order valence-corrected chi connectivity index (χ0v) is 9.24. The molecule has 4 heteroatoms. The normalized spacial score (nSPS) is 19.3. The fourth-order valence-electron chi connectivity index (χ4n) is 1.97. The molecule has 0 spiro atoms. The number of nitrogens with zero attached hydrogens (tertiary/aromatic N) is 2. The summed E-state index contributed by atoms with van der Waals surface area (Å²) in [6.45, 7) is 2.05. The molecule has 1 atom stereocenters. The number of hydrogen-bond acceptors (Lipinski definition) is 4. The van der Waals surface area contributed by atoms with Crippen molar-refractivity contribution >= 4 is 5.82 Å². The smallest absolute Gasteiger partial charge is 0.127 e. The summed E-state index contributed by atoms with van der Waals surface area (Å²) in [6, 6.07) is 6.24. The molecule has 1 aliphatic heterocycles. The van der Waals surface area contributed by atoms with E-state index < -0.39 is 0 Å². The topological polar surface area (TPSA) is 60.7 Å². The molecule has 16 heavy (non-hydrogen) atoms. The van der Waals surface area contributed by atoms with Crippen LogP contribution in [0.2, 0.25) is 0 Å². The lowest BCUT2D eigenvalue weighted by Gasteiger charge is -2.10. The second-order valence-corrected chi connectivity index (χ2v) is 4.05. The minimum Gasteiger partial charge on any atom is -0.370 e. The van der Waals surface area contributed by atoms with Crippen molar-refractivity contribution < 1.29 is 0 Å². The summed E-state index contributed by atoms with van der Waals surface area (Å²) >= 11 is 0. The number of anilines is 1. The van der Waals surface area contributed by atoms with E-state index in [4.69, 9.17) is 5.26 Å². The van der Waals surface area contributed by atoms with Crippen LogP contribution < -0.4 is 10.6 Å². The van der Waals surface area contributed by atoms with Crippen molar-refractivity contribution in [2.75, 3.05) is 18.4 Å². The Kier molecular flexibility index (Phi) is 3.73. The highest BCUT2D eigenvalue weighted by Gasteiger charge is 2.12. The number of nitriles is 1. The molecule has 4 nitrogen and oxygen atoms in total. The molecule has 0 aromatic carbocycles. The largest absolute Gasteiger partial charge is 0.370 e. The van der Waals surface area contributed by atoms with Crippen molar-refractivity contribution in [3.05, 3.63) is 23.9 Å². The third-order valence-electron chi connectivity index (χ3n) is 2.85. The molecule has 0 aliphatic carbocycles. The van der Waals surface area contributed by atoms with Gasteiger partial charge in [0.1, 0.15) is 5.82 Å². The SMILES string of the molecule is N#Cc1ccnc(NCCC2CCCN2)c1. The molecule has 1 aromatic rings. The number of pyridine rings is 1. The van der Waals surface area contributed by atoms with Crippen LogP contribution >= 0.6 is 0 Å². The van der Waals surface area contributed by atoms with Crippen LogP contribution in [0, 0.1) is 11.3 Å². The first-order valence-corrected chi connectivity index (χ1v) is 5.72. The Morgan fingerprint density at radius 1 is 1.62 bits per heavy atom. The standard InChI is InChI=1S/C12H16N4/c13-9-10-3-6-15-12(8-10)16-7-4-11-2-1-5-14-11/h3,6,8,11,14H,1-2,4-5,7H2,(H,15,16). The van der Waals surface area contributed by atoms with Gasteiger partial charge in [-0.15, -0.1) is 0 Å². The van der Waals surface area contributed by atoms with Crippen molar-refractivity contribution in [1.82, 2.24) is 10.3 Å². The first-order chi connectivity index (χ1) is 7.88. The van der Waals surface area contributed by atoms with E-state index in [0.717, 1.165) is 25.3 Å². The van der Waals surface area contributed by atoms with E-state index in [0.29, 0.717) is 11.6 Å². The summed E-state index contributed by atoms with van der Waals surface area (Å²) in [5, 5.41) is 15.4. The third-order valence-corrected chi connectivity index (χ3v) is 2.85. The predicted molar refractivity (Wildman–Crippen MR) is 63.1 cm³/mol. The van der Waals surface area contributed by atoms with E-state index >= 15 is 0 Å². The van der Waals surface area contributed by atoms with Crippen molar-refractivity contribution in [3.8, 4) is 6.07 Å². The van der Waals surface area contributed by atoms with Crippen molar-refractivity contribution in [2.45, 2.75) is 25.3 Å². The molecule has 0 bridgehead atoms. The average molecular weight is 216 g/mol. The van der Waals surface area contributed by atoms with Gasteiger partial charge >= 0.3 is 0 Å². The highest BCUT2D eigenvalue weighted by Crippen LogP contribution is 2.10. The number of hydrogen-bond donors (Lipinski definition) is 2. The second-order valence-electron chi connectivity index (χ2n) is 4.05. The first kappa shape index (κ1) is 10.9. The Balaban J connectivity index is 1.78. The molecule has 84 valence electrons. The van der Waals surface area contributed by atoms with Gasteiger partial charge in [0.05, 0.1) is 11.6 Å². The average Bonchev–Trinajstić information content (AvgIpc) is 2.82. The zero-order valence-electron chi connectivity index (χ0n) is 9.24. The first-order valence-electron chi connectivity index (χ1n) is 5.72. The number of aromatic nitrogens is 1. The van der Waals surface area contributed by atoms with E-state index in [-0.39, 0.29) is 0 Å². The van der Waals surface area contributed by atoms with Gasteiger partial charge in [0.2, 0.25) is 0 Å². The molecule has 2 N–H and O–H groups in total. The molecular formula is C12H16N4. The van der Waals surface area contributed by atoms with Gasteiger partial charge in [-0.05, 0) is 37.9 Å². The molecule has 2 heterocycles. The summed E-state index contributed by atoms with van der Waals surface area (Å²) < 4.78 is 0. The number of nitrogens with one attached hydrogen (secondary N) is 2. The fraction of sp³-hybridized carbons (Fsp3) is 0.500. The van der Waals surface area contributed by atoms with Gasteiger partial charge < -0.3 is 10.6 Å². The van der Waals surface area contributed by atoms with E-state index in [1.165, 1.54) is 12.8 Å². The minimum absolute atomic E-state index is 0.645. The molecule has 0 amide bonds. The summed E-state index contributed by atoms with van der Waals surface area (Å²) in [5.74, 6) is 0.789. The van der Waals surface area contributed by atoms with Gasteiger partial charge in [0.25, 0.3) is 0 Å². The summed E-state index contributed by atoms with van der Waals surface area (Å²) in [7, 11) is 0. The molecule has 1 aliphatic rings. The molecule has 0 saturated carbocycles. The van der Waals surface area contributed by atoms with E-state index in [1.54, 1.807) is 18.3 Å². The maximum atomic E-state index is 8.74. The summed E-state index contributed by atoms with van der Waals surface area (Å²) in [5.41, 5.74) is 0.650. The van der Waals surface area contributed by atoms with Crippen LogP contribution in [-0.4, -0.2) is 24.1 Å². The Bertz CT molecular complexity index is 377. The molecule has 1 saturated heterocycles. The van der Waals surface area contributed by atoms with Crippen LogP contribution in [0.4, 0.5) is 5.82 Å². The minimum atomic E-state index is 0.645. The predicted octanol–water partition coefficient (Wildman–Crippen LogP) is 1.51. The molecule has 1 unspecified atom stereocenters. The highest BCUT2D eigenvalue weighted by molar-refractivity contribution is 5.42. The maximum absolute atomic E-state index is 8.74. The van der Waals surface area contributed by atoms with Gasteiger partial charge in [-0.1, -0.05) is 0 Å². The quantitative estimate of drug-likeness (QED) is 0.801. The molecule has 1 fully saturated rings. The molecule has 1 aromatic heterocycles. The van der Waals surface area contributed by atoms with Crippen LogP contribution in [-0.2, 0) is 0 Å². The Labute approximate surface area is 95.7 Å². The van der Waals surface area contributed by atoms with Crippen LogP contribution in [0.5, 0.6) is 0 Å². The lowest BCUT2D eigenvalue weighted by Crippen LogP contribution is -2.24. The lowest BCUT2D eigenvalue weighted by molar-refractivity contribution is 0.574. The van der Waals surface area contributed by atoms with Gasteiger partial charge in [0, 0.05) is 18.8 Å². The van der Waals surface area contributed by atoms with Crippen molar-refractivity contribution in [1.29, 1.82) is 5.26 Å². The van der Waals surface area contributed by atoms with E-state index in [1.807, 2.05) is 0 Å². The van der Waals surface area contributed by atoms with Gasteiger partial charge in [-0.2, -0.15) is 5.26 Å². The Morgan fingerprint density at radius 2 is 2.56 bits per heavy atom. The molecule has 0 radical (unpaired) electrons. The zero-order chi connectivity index (χ0) is 11.2. The monoisotopic (exact) mass is 216 g/mol. The molecule has 2 rings (SSSR count). The van der Waals surface area contributed by atoms with E-state index in [2.05, 4.69) is 21.7 Å². The van der Waals surface area contributed by atoms with Gasteiger partial charge in [-0.3, -0.25) is 0 Å². The summed E-state index contributed by atoms with van der Waals surface area (Å²) in [4.78, 5) is 4.17. The Hall–Kier alpha value is -1.60. The maximum Gasteiger partial charge on any atom is 0.127 e. The van der Waals surface area contributed by atoms with E-state index in [9.17, 15) is 0 Å². The fourth-order valence-corrected chi connectivity index (χ4v) is 1.97. The van der Waals surface area contributed by atoms with Gasteiger partial charge in [0.15, 0.2) is 0 Å². The van der Waals surface area contributed by atoms with Crippen LogP contribution in [0.15, 0.2) is 18.3 Å². The van der Waals surface area contributed by atoms with Crippen molar-refractivity contribution in [2.24, 2.45) is 0 Å². The highest BCUT2D eigenvalue weighted by atomic mass is 15.0. The van der Waals surface area contributed by atoms with Gasteiger partial charge in [-0.25, -0.2) is 4.98 Å². The lowest BCUT2D eigenvalue weighted by atomic mass is 10.1. The number of rotatable bonds is 4. The Morgan fingerprint density at radius 3 is 3.31 bits per heavy atom. The second kappa shape index (κ2) is 5.47. The van der Waals surface area contributed by atoms with Crippen LogP contribution in [0.1, 0.15) is 24.8 Å². The summed E-state index contributed by atoms with van der Waals surface area (Å²) in [6.07, 6.45) is 5.33. The van der Waals surface area contributed by atoms with Crippen molar-refractivity contribution in [3.63, 3.8) is 0 Å².